The predicted molar refractivity (Wildman–Crippen MR) is 76.7 cm³/mol. The van der Waals surface area contributed by atoms with E-state index in [0.29, 0.717) is 18.4 Å². The molecule has 0 saturated heterocycles. The molecule has 0 amide bonds. The highest BCUT2D eigenvalue weighted by Crippen LogP contribution is 2.13. The van der Waals surface area contributed by atoms with Crippen molar-refractivity contribution in [1.29, 1.82) is 0 Å². The van der Waals surface area contributed by atoms with Gasteiger partial charge in [-0.25, -0.2) is 4.98 Å². The van der Waals surface area contributed by atoms with Crippen LogP contribution in [0.25, 0.3) is 5.95 Å². The molecule has 0 aliphatic carbocycles. The summed E-state index contributed by atoms with van der Waals surface area (Å²) in [7, 11) is 3.76. The number of nitrogens with two attached hydrogens (primary N) is 1. The van der Waals surface area contributed by atoms with Gasteiger partial charge in [0, 0.05) is 44.8 Å². The van der Waals surface area contributed by atoms with Gasteiger partial charge in [-0.1, -0.05) is 0 Å². The lowest BCUT2D eigenvalue weighted by Crippen LogP contribution is -2.21. The molecular formula is C12H15N9. The molecular weight excluding hydrogens is 270 g/mol. The lowest BCUT2D eigenvalue weighted by molar-refractivity contribution is 0.765. The van der Waals surface area contributed by atoms with Crippen LogP contribution in [-0.4, -0.2) is 41.3 Å². The first-order chi connectivity index (χ1) is 10.1. The minimum atomic E-state index is 0.168. The number of hydrogen-bond acceptors (Lipinski definition) is 7. The molecule has 0 spiro atoms. The van der Waals surface area contributed by atoms with Gasteiger partial charge in [0.15, 0.2) is 0 Å². The van der Waals surface area contributed by atoms with E-state index in [9.17, 15) is 0 Å². The van der Waals surface area contributed by atoms with E-state index in [2.05, 4.69) is 25.0 Å². The molecule has 21 heavy (non-hydrogen) atoms. The second-order valence-corrected chi connectivity index (χ2v) is 4.64. The molecule has 9 nitrogen and oxygen atoms in total. The van der Waals surface area contributed by atoms with E-state index in [1.165, 1.54) is 0 Å². The molecule has 0 aromatic carbocycles. The van der Waals surface area contributed by atoms with Gasteiger partial charge in [-0.2, -0.15) is 20.1 Å². The van der Waals surface area contributed by atoms with Gasteiger partial charge in [0.25, 0.3) is 0 Å². The summed E-state index contributed by atoms with van der Waals surface area (Å²) < 4.78 is 3.43. The number of nitrogens with zero attached hydrogens (tertiary/aromatic N) is 8. The number of anilines is 2. The molecule has 0 fully saturated rings. The molecule has 3 aromatic heterocycles. The average molecular weight is 285 g/mol. The van der Waals surface area contributed by atoms with Crippen molar-refractivity contribution in [1.82, 2.24) is 34.3 Å². The van der Waals surface area contributed by atoms with Crippen LogP contribution < -0.4 is 10.6 Å². The van der Waals surface area contributed by atoms with E-state index >= 15 is 0 Å². The zero-order chi connectivity index (χ0) is 14.8. The SMILES string of the molecule is CN(Cc1cnn(C)c1)c1nc(N)nc(-n2ccnc2)n1. The van der Waals surface area contributed by atoms with Crippen LogP contribution in [0.2, 0.25) is 0 Å². The molecule has 3 rings (SSSR count). The molecule has 9 heteroatoms. The molecule has 108 valence electrons. The van der Waals surface area contributed by atoms with E-state index < -0.39 is 0 Å². The third-order valence-corrected chi connectivity index (χ3v) is 2.88. The average Bonchev–Trinajstić information content (AvgIpc) is 3.10. The van der Waals surface area contributed by atoms with Crippen LogP contribution in [0.3, 0.4) is 0 Å². The van der Waals surface area contributed by atoms with Gasteiger partial charge < -0.3 is 10.6 Å². The second kappa shape index (κ2) is 5.19. The maximum atomic E-state index is 5.76. The maximum absolute atomic E-state index is 5.76. The minimum absolute atomic E-state index is 0.168. The molecule has 0 aliphatic heterocycles. The second-order valence-electron chi connectivity index (χ2n) is 4.64. The first-order valence-electron chi connectivity index (χ1n) is 6.30. The molecule has 0 saturated carbocycles. The fourth-order valence-electron chi connectivity index (χ4n) is 1.93. The molecule has 0 aliphatic rings. The number of imidazole rings is 1. The van der Waals surface area contributed by atoms with Crippen LogP contribution in [0.4, 0.5) is 11.9 Å². The molecule has 2 N–H and O–H groups in total. The van der Waals surface area contributed by atoms with Crippen molar-refractivity contribution in [3.63, 3.8) is 0 Å². The Kier molecular flexibility index (Phi) is 3.22. The smallest absolute Gasteiger partial charge is 0.241 e. The van der Waals surface area contributed by atoms with Gasteiger partial charge >= 0.3 is 0 Å². The van der Waals surface area contributed by atoms with Gasteiger partial charge in [-0.15, -0.1) is 0 Å². The number of hydrogen-bond donors (Lipinski definition) is 1. The zero-order valence-electron chi connectivity index (χ0n) is 11.7. The highest BCUT2D eigenvalue weighted by molar-refractivity contribution is 5.37. The molecule has 3 aromatic rings. The van der Waals surface area contributed by atoms with E-state index in [1.54, 1.807) is 34.2 Å². The van der Waals surface area contributed by atoms with Crippen LogP contribution >= 0.6 is 0 Å². The molecule has 0 atom stereocenters. The van der Waals surface area contributed by atoms with Crippen LogP contribution in [0.5, 0.6) is 0 Å². The summed E-state index contributed by atoms with van der Waals surface area (Å²) in [5.41, 5.74) is 6.82. The Labute approximate surface area is 121 Å². The number of aromatic nitrogens is 7. The third-order valence-electron chi connectivity index (χ3n) is 2.88. The normalized spacial score (nSPS) is 10.8. The fourth-order valence-corrected chi connectivity index (χ4v) is 1.93. The molecule has 0 unspecified atom stereocenters. The monoisotopic (exact) mass is 285 g/mol. The Balaban J connectivity index is 1.87. The zero-order valence-corrected chi connectivity index (χ0v) is 11.7. The fraction of sp³-hybridized carbons (Fsp3) is 0.250. The summed E-state index contributed by atoms with van der Waals surface area (Å²) in [6.45, 7) is 0.626. The van der Waals surface area contributed by atoms with Crippen LogP contribution in [0.15, 0.2) is 31.1 Å². The van der Waals surface area contributed by atoms with Crippen molar-refractivity contribution >= 4 is 11.9 Å². The van der Waals surface area contributed by atoms with Crippen LogP contribution in [0.1, 0.15) is 5.56 Å². The highest BCUT2D eigenvalue weighted by Gasteiger charge is 2.11. The van der Waals surface area contributed by atoms with Crippen molar-refractivity contribution in [2.45, 2.75) is 6.54 Å². The summed E-state index contributed by atoms with van der Waals surface area (Å²) in [6.07, 6.45) is 8.76. The van der Waals surface area contributed by atoms with Gasteiger partial charge in [-0.3, -0.25) is 9.25 Å². The molecule has 0 bridgehead atoms. The van der Waals surface area contributed by atoms with Gasteiger partial charge in [-0.05, 0) is 0 Å². The predicted octanol–water partition coefficient (Wildman–Crippen LogP) is 0.00940. The van der Waals surface area contributed by atoms with Crippen molar-refractivity contribution in [3.05, 3.63) is 36.7 Å². The first-order valence-corrected chi connectivity index (χ1v) is 6.30. The van der Waals surface area contributed by atoms with Crippen molar-refractivity contribution in [2.24, 2.45) is 7.05 Å². The van der Waals surface area contributed by atoms with Crippen molar-refractivity contribution in [2.75, 3.05) is 17.7 Å². The summed E-state index contributed by atoms with van der Waals surface area (Å²) in [5.74, 6) is 1.10. The Morgan fingerprint density at radius 1 is 1.29 bits per heavy atom. The van der Waals surface area contributed by atoms with Crippen molar-refractivity contribution < 1.29 is 0 Å². The van der Waals surface area contributed by atoms with Crippen LogP contribution in [0, 0.1) is 0 Å². The summed E-state index contributed by atoms with van der Waals surface area (Å²) in [4.78, 5) is 18.5. The molecule has 0 radical (unpaired) electrons. The standard InChI is InChI=1S/C12H15N9/c1-19(6-9-5-15-20(2)7-9)11-16-10(13)17-12(18-11)21-4-3-14-8-21/h3-5,7-8H,6H2,1-2H3,(H2,13,16,17,18). The highest BCUT2D eigenvalue weighted by atomic mass is 15.3. The van der Waals surface area contributed by atoms with Gasteiger partial charge in [0.1, 0.15) is 6.33 Å². The Morgan fingerprint density at radius 3 is 2.81 bits per heavy atom. The topological polar surface area (TPSA) is 104 Å². The summed E-state index contributed by atoms with van der Waals surface area (Å²) in [5, 5.41) is 4.14. The number of rotatable bonds is 4. The van der Waals surface area contributed by atoms with E-state index in [1.807, 2.05) is 25.2 Å². The van der Waals surface area contributed by atoms with E-state index in [0.717, 1.165) is 5.56 Å². The van der Waals surface area contributed by atoms with Crippen molar-refractivity contribution in [3.8, 4) is 5.95 Å². The number of aryl methyl sites for hydroxylation is 1. The Morgan fingerprint density at radius 2 is 2.14 bits per heavy atom. The van der Waals surface area contributed by atoms with E-state index in [-0.39, 0.29) is 5.95 Å². The lowest BCUT2D eigenvalue weighted by atomic mass is 10.3. The summed E-state index contributed by atoms with van der Waals surface area (Å²) >= 11 is 0. The molecule has 3 heterocycles. The summed E-state index contributed by atoms with van der Waals surface area (Å²) in [6, 6.07) is 0. The maximum Gasteiger partial charge on any atom is 0.241 e. The quantitative estimate of drug-likeness (QED) is 0.720. The largest absolute Gasteiger partial charge is 0.368 e. The van der Waals surface area contributed by atoms with Gasteiger partial charge in [0.05, 0.1) is 6.20 Å². The Bertz CT molecular complexity index is 731. The van der Waals surface area contributed by atoms with Crippen LogP contribution in [-0.2, 0) is 13.6 Å². The minimum Gasteiger partial charge on any atom is -0.368 e. The Hall–Kier alpha value is -2.97. The number of nitrogen functional groups attached to an aromatic ring is 1. The first kappa shape index (κ1) is 13.0. The van der Waals surface area contributed by atoms with Gasteiger partial charge in [0.2, 0.25) is 17.8 Å². The third kappa shape index (κ3) is 2.81. The van der Waals surface area contributed by atoms with E-state index in [4.69, 9.17) is 5.73 Å². The lowest BCUT2D eigenvalue weighted by Gasteiger charge is -2.16.